The average Bonchev–Trinajstić information content (AvgIpc) is 3.15. The van der Waals surface area contributed by atoms with Crippen molar-refractivity contribution in [1.82, 2.24) is 14.9 Å². The Kier molecular flexibility index (Phi) is 4.75. The maximum Gasteiger partial charge on any atom is 0.248 e. The van der Waals surface area contributed by atoms with E-state index in [9.17, 15) is 10.1 Å². The van der Waals surface area contributed by atoms with Gasteiger partial charge >= 0.3 is 0 Å². The number of rotatable bonds is 11. The summed E-state index contributed by atoms with van der Waals surface area (Å²) in [5, 5.41) is 11.3. The number of amides is 1. The number of aromatic nitrogens is 2. The minimum absolute atomic E-state index is 0.0496. The Balaban J connectivity index is 1.96. The minimum atomic E-state index is -3.10. The van der Waals surface area contributed by atoms with E-state index in [2.05, 4.69) is 15.3 Å². The zero-order valence-electron chi connectivity index (χ0n) is 38.8. The van der Waals surface area contributed by atoms with E-state index in [4.69, 9.17) is 44.4 Å². The van der Waals surface area contributed by atoms with Crippen molar-refractivity contribution in [3.63, 3.8) is 0 Å². The van der Waals surface area contributed by atoms with E-state index in [-0.39, 0.29) is 17.6 Å². The van der Waals surface area contributed by atoms with Crippen LogP contribution in [-0.2, 0) is 11.4 Å². The van der Waals surface area contributed by atoms with Crippen LogP contribution in [0.4, 0.5) is 17.1 Å². The van der Waals surface area contributed by atoms with Crippen molar-refractivity contribution in [1.29, 1.82) is 5.26 Å². The summed E-state index contributed by atoms with van der Waals surface area (Å²) >= 11 is 6.42. The van der Waals surface area contributed by atoms with Gasteiger partial charge in [0.2, 0.25) is 5.91 Å². The van der Waals surface area contributed by atoms with E-state index in [1.165, 1.54) is 13.8 Å². The Labute approximate surface area is 268 Å². The number of carbonyl (C=O) groups excluding carboxylic acids is 1. The number of aryl methyl sites for hydroxylation is 1. The van der Waals surface area contributed by atoms with Crippen molar-refractivity contribution >= 4 is 45.5 Å². The first-order chi connectivity index (χ1) is 26.7. The predicted octanol–water partition coefficient (Wildman–Crippen LogP) is 6.24. The molecule has 4 aromatic rings. The second-order valence-corrected chi connectivity index (χ2v) is 8.27. The van der Waals surface area contributed by atoms with Crippen LogP contribution in [0.3, 0.4) is 0 Å². The van der Waals surface area contributed by atoms with E-state index in [1.54, 1.807) is 6.07 Å². The number of benzene rings is 2. The van der Waals surface area contributed by atoms with Crippen LogP contribution in [0.15, 0.2) is 66.6 Å². The van der Waals surface area contributed by atoms with E-state index < -0.39 is 148 Å². The normalized spacial score (nSPS) is 18.1. The molecule has 41 heavy (non-hydrogen) atoms. The van der Waals surface area contributed by atoms with Gasteiger partial charge in [0.25, 0.3) is 0 Å². The van der Waals surface area contributed by atoms with Gasteiger partial charge in [0.15, 0.2) is 1.41 Å². The number of nitrogens with one attached hydrogen (secondary N) is 2. The highest BCUT2D eigenvalue weighted by Crippen LogP contribution is 2.37. The van der Waals surface area contributed by atoms with Gasteiger partial charge in [-0.05, 0) is 64.1 Å². The number of halogens is 1. The fourth-order valence-electron chi connectivity index (χ4n) is 3.10. The highest BCUT2D eigenvalue weighted by molar-refractivity contribution is 6.32. The van der Waals surface area contributed by atoms with E-state index in [0.717, 1.165) is 7.05 Å². The maximum atomic E-state index is 13.4. The van der Waals surface area contributed by atoms with Crippen LogP contribution < -0.4 is 20.1 Å². The van der Waals surface area contributed by atoms with Gasteiger partial charge in [0, 0.05) is 45.7 Å². The SMILES string of the molecule is [2H]/C(CN(C)C([2H])([2H])[2H])=C(/[2H])C(=O)N([2H])c1c(OCC)c([2H])c2nc([2H])c(C#N)c(Nc3c([2H])c([2H])c(OC([2H])([2H])c4nc(C)c([2H])c([2H])c4[2H])c(Cl)c3[2H])c2c1[2H]. The predicted molar refractivity (Wildman–Crippen MR) is 162 cm³/mol. The lowest BCUT2D eigenvalue weighted by atomic mass is 10.1. The zero-order valence-corrected chi connectivity index (χ0v) is 22.5. The number of nitrogens with zero attached hydrogens (tertiary/aromatic N) is 4. The van der Waals surface area contributed by atoms with Gasteiger partial charge in [-0.25, -0.2) is 0 Å². The van der Waals surface area contributed by atoms with Gasteiger partial charge in [-0.2, -0.15) is 5.26 Å². The number of ether oxygens (including phenoxy) is 2. The molecule has 1 amide bonds. The van der Waals surface area contributed by atoms with Gasteiger partial charge in [0.1, 0.15) is 24.1 Å². The Hall–Kier alpha value is -4.65. The molecule has 0 bridgehead atoms. The lowest BCUT2D eigenvalue weighted by molar-refractivity contribution is -0.111. The highest BCUT2D eigenvalue weighted by atomic mass is 35.5. The largest absolute Gasteiger partial charge is 0.492 e. The lowest BCUT2D eigenvalue weighted by Gasteiger charge is -2.16. The molecular weight excluding hydrogens is 540 g/mol. The molecule has 2 heterocycles. The first-order valence-electron chi connectivity index (χ1n) is 20.1. The molecule has 0 saturated carbocycles. The molecule has 2 N–H and O–H groups in total. The van der Waals surface area contributed by atoms with Crippen molar-refractivity contribution in [2.24, 2.45) is 0 Å². The smallest absolute Gasteiger partial charge is 0.248 e. The monoisotopic (exact) mass is 587 g/mol. The molecule has 0 aliphatic heterocycles. The molecule has 2 aromatic carbocycles. The molecule has 4 rings (SSSR count). The third-order valence-electron chi connectivity index (χ3n) is 4.77. The summed E-state index contributed by atoms with van der Waals surface area (Å²) < 4.78 is 152. The molecule has 2 aromatic heterocycles. The highest BCUT2D eigenvalue weighted by Gasteiger charge is 2.16. The molecule has 0 aliphatic carbocycles. The Bertz CT molecular complexity index is 2410. The minimum Gasteiger partial charge on any atom is -0.492 e. The summed E-state index contributed by atoms with van der Waals surface area (Å²) in [7, 11) is 1.11. The van der Waals surface area contributed by atoms with Crippen molar-refractivity contribution in [2.75, 3.05) is 37.8 Å². The molecule has 0 aliphatic rings. The van der Waals surface area contributed by atoms with Crippen LogP contribution in [0.2, 0.25) is 6.43 Å². The van der Waals surface area contributed by atoms with Crippen LogP contribution in [0, 0.1) is 18.3 Å². The van der Waals surface area contributed by atoms with Crippen molar-refractivity contribution in [3.8, 4) is 17.6 Å². The Morgan fingerprint density at radius 3 is 2.95 bits per heavy atom. The van der Waals surface area contributed by atoms with Gasteiger partial charge in [0.05, 0.1) is 57.6 Å². The van der Waals surface area contributed by atoms with Crippen molar-refractivity contribution < 1.29 is 37.6 Å². The summed E-state index contributed by atoms with van der Waals surface area (Å²) in [5.41, 5.74) is -4.15. The van der Waals surface area contributed by atoms with Crippen LogP contribution in [0.5, 0.6) is 11.5 Å². The maximum absolute atomic E-state index is 13.4. The van der Waals surface area contributed by atoms with Gasteiger partial charge in [-0.1, -0.05) is 23.7 Å². The van der Waals surface area contributed by atoms with Gasteiger partial charge < -0.3 is 25.0 Å². The third-order valence-corrected chi connectivity index (χ3v) is 5.04. The molecule has 0 atom stereocenters. The molecule has 0 unspecified atom stereocenters. The molecule has 210 valence electrons. The fraction of sp³-hybridized carbons (Fsp3) is 0.226. The topological polar surface area (TPSA) is 112 Å². The number of pyridine rings is 2. The molecule has 0 radical (unpaired) electrons. The molecule has 0 spiro atoms. The average molecular weight is 588 g/mol. The summed E-state index contributed by atoms with van der Waals surface area (Å²) in [6.45, 7) is -3.98. The third kappa shape index (κ3) is 7.72. The lowest BCUT2D eigenvalue weighted by Crippen LogP contribution is -2.13. The fourth-order valence-corrected chi connectivity index (χ4v) is 3.28. The van der Waals surface area contributed by atoms with Crippen LogP contribution in [0.1, 0.15) is 45.8 Å². The molecular formula is C31H31ClN6O3. The van der Waals surface area contributed by atoms with Gasteiger partial charge in [-0.3, -0.25) is 14.8 Å². The van der Waals surface area contributed by atoms with Crippen molar-refractivity contribution in [3.05, 3.63) is 88.6 Å². The molecule has 0 fully saturated rings. The summed E-state index contributed by atoms with van der Waals surface area (Å²) in [4.78, 5) is 21.9. The molecule has 9 nitrogen and oxygen atoms in total. The van der Waals surface area contributed by atoms with E-state index in [0.29, 0.717) is 4.90 Å². The number of fused-ring (bicyclic) bond motifs is 1. The number of nitriles is 1. The van der Waals surface area contributed by atoms with Crippen LogP contribution in [-0.4, -0.2) is 48.0 Å². The molecule has 10 heteroatoms. The first kappa shape index (κ1) is 14.3. The first-order valence-corrected chi connectivity index (χ1v) is 12.0. The summed E-state index contributed by atoms with van der Waals surface area (Å²) in [6, 6.07) is -6.56. The number of anilines is 3. The van der Waals surface area contributed by atoms with E-state index in [1.807, 2.05) is 0 Å². The van der Waals surface area contributed by atoms with Crippen LogP contribution >= 0.6 is 11.6 Å². The summed E-state index contributed by atoms with van der Waals surface area (Å²) in [6.07, 6.45) is -0.794. The Morgan fingerprint density at radius 1 is 1.32 bits per heavy atom. The number of hydrogen-bond acceptors (Lipinski definition) is 8. The van der Waals surface area contributed by atoms with Crippen molar-refractivity contribution in [2.45, 2.75) is 20.4 Å². The second kappa shape index (κ2) is 13.6. The Morgan fingerprint density at radius 2 is 2.17 bits per heavy atom. The number of hydrogen-bond donors (Lipinski definition) is 2. The summed E-state index contributed by atoms with van der Waals surface area (Å²) in [5.74, 6) is -3.05. The molecule has 0 saturated heterocycles. The number of likely N-dealkylation sites (N-methyl/N-ethyl adjacent to an activating group) is 1. The van der Waals surface area contributed by atoms with Crippen LogP contribution in [0.25, 0.3) is 10.9 Å². The van der Waals surface area contributed by atoms with E-state index >= 15 is 0 Å². The standard InChI is InChI=1S/C31H31ClN6O3/c1-5-40-29-16-26-24(15-27(29)37-30(39)10-7-13-38(3)4)31(21(17-33)18-34-26)36-22-11-12-28(25(32)14-22)41-19-23-9-6-8-20(2)35-23/h6-12,14-16,18H,5,13,19H2,1-4H3,(H,34,36)(H,37,39)/b10-7+/i3D3,6D,7D,8D,9D,10D,11D,12D,14D,15D,16D,18D,19D2/hD. The zero-order chi connectivity index (χ0) is 44.1. The quantitative estimate of drug-likeness (QED) is 0.198. The van der Waals surface area contributed by atoms with Gasteiger partial charge in [-0.15, -0.1) is 0 Å². The second-order valence-electron chi connectivity index (χ2n) is 7.89. The number of carbonyl (C=O) groups is 1.